The largest absolute Gasteiger partial charge is 0.332 e. The molecule has 0 heterocycles. The van der Waals surface area contributed by atoms with E-state index in [0.717, 1.165) is 29.2 Å². The van der Waals surface area contributed by atoms with E-state index in [1.807, 2.05) is 0 Å². The van der Waals surface area contributed by atoms with Gasteiger partial charge in [-0.1, -0.05) is 40.8 Å². The predicted octanol–water partition coefficient (Wildman–Crippen LogP) is 4.51. The number of hydrogen-bond donors (Lipinski definition) is 1. The van der Waals surface area contributed by atoms with Gasteiger partial charge in [0.15, 0.2) is 0 Å². The summed E-state index contributed by atoms with van der Waals surface area (Å²) in [6.07, 6.45) is 0. The molecule has 2 heteroatoms. The highest BCUT2D eigenvalue weighted by Gasteiger charge is 2.50. The van der Waals surface area contributed by atoms with Crippen molar-refractivity contribution in [3.05, 3.63) is 0 Å². The first kappa shape index (κ1) is 15.2. The van der Waals surface area contributed by atoms with Crippen LogP contribution in [0.1, 0.15) is 48.5 Å². The van der Waals surface area contributed by atoms with E-state index < -0.39 is 8.24 Å². The van der Waals surface area contributed by atoms with Crippen LogP contribution >= 0.6 is 0 Å². The van der Waals surface area contributed by atoms with Crippen LogP contribution in [0.25, 0.3) is 0 Å². The van der Waals surface area contributed by atoms with Crippen molar-refractivity contribution < 1.29 is 0 Å². The molecule has 1 aliphatic carbocycles. The molecule has 1 aliphatic rings. The summed E-state index contributed by atoms with van der Waals surface area (Å²) in [4.78, 5) is 3.98. The van der Waals surface area contributed by atoms with Gasteiger partial charge in [0.1, 0.15) is 8.24 Å². The number of hydrogen-bond acceptors (Lipinski definition) is 1. The van der Waals surface area contributed by atoms with Crippen LogP contribution in [0.4, 0.5) is 0 Å². The average molecular weight is 256 g/mol. The van der Waals surface area contributed by atoms with Crippen LogP contribution in [-0.4, -0.2) is 13.8 Å². The third-order valence-corrected chi connectivity index (χ3v) is 9.26. The predicted molar refractivity (Wildman–Crippen MR) is 80.8 cm³/mol. The van der Waals surface area contributed by atoms with Crippen molar-refractivity contribution in [1.29, 1.82) is 0 Å². The van der Waals surface area contributed by atoms with Crippen molar-refractivity contribution in [2.24, 2.45) is 23.7 Å². The Labute approximate surface area is 110 Å². The van der Waals surface area contributed by atoms with Gasteiger partial charge < -0.3 is 4.98 Å². The van der Waals surface area contributed by atoms with E-state index in [1.54, 1.807) is 0 Å². The van der Waals surface area contributed by atoms with Gasteiger partial charge >= 0.3 is 0 Å². The Balaban J connectivity index is 2.91. The third-order valence-electron chi connectivity index (χ3n) is 5.15. The van der Waals surface area contributed by atoms with Gasteiger partial charge in [-0.2, -0.15) is 0 Å². The molecule has 1 fully saturated rings. The fourth-order valence-electron chi connectivity index (χ4n) is 4.45. The van der Waals surface area contributed by atoms with Gasteiger partial charge in [0.2, 0.25) is 0 Å². The molecule has 0 aromatic heterocycles. The zero-order chi connectivity index (χ0) is 13.6. The molecule has 0 aliphatic heterocycles. The van der Waals surface area contributed by atoms with Gasteiger partial charge in [-0.25, -0.2) is 0 Å². The summed E-state index contributed by atoms with van der Waals surface area (Å²) in [7, 11) is -1.37. The maximum Gasteiger partial charge on any atom is 0.123 e. The molecular formula is C15H33NSi. The van der Waals surface area contributed by atoms with Crippen LogP contribution in [-0.2, 0) is 0 Å². The minimum absolute atomic E-state index is 0.254. The fourth-order valence-corrected chi connectivity index (χ4v) is 9.79. The molecule has 0 bridgehead atoms. The molecule has 17 heavy (non-hydrogen) atoms. The van der Waals surface area contributed by atoms with Gasteiger partial charge in [-0.05, 0) is 50.0 Å². The highest BCUT2D eigenvalue weighted by Crippen LogP contribution is 2.53. The molecule has 0 radical (unpaired) electrons. The lowest BCUT2D eigenvalue weighted by Gasteiger charge is -2.41. The Kier molecular flexibility index (Phi) is 4.21. The monoisotopic (exact) mass is 255 g/mol. The molecule has 0 saturated heterocycles. The second-order valence-corrected chi connectivity index (χ2v) is 12.4. The summed E-state index contributed by atoms with van der Waals surface area (Å²) in [5, 5.41) is 0. The highest BCUT2D eigenvalue weighted by molar-refractivity contribution is 6.76. The summed E-state index contributed by atoms with van der Waals surface area (Å²) >= 11 is 0. The molecular weight excluding hydrogens is 222 g/mol. The molecule has 0 amide bonds. The second kappa shape index (κ2) is 4.69. The van der Waals surface area contributed by atoms with Crippen LogP contribution in [0.15, 0.2) is 0 Å². The smallest absolute Gasteiger partial charge is 0.123 e. The minimum atomic E-state index is -1.37. The lowest BCUT2D eigenvalue weighted by atomic mass is 9.92. The molecule has 0 aromatic rings. The Bertz CT molecular complexity index is 253. The molecule has 1 nitrogen and oxygen atoms in total. The second-order valence-electron chi connectivity index (χ2n) is 8.06. The van der Waals surface area contributed by atoms with Crippen LogP contribution in [0, 0.1) is 23.7 Å². The van der Waals surface area contributed by atoms with E-state index in [9.17, 15) is 0 Å². The summed E-state index contributed by atoms with van der Waals surface area (Å²) in [5.41, 5.74) is 1.16. The minimum Gasteiger partial charge on any atom is -0.332 e. The molecule has 1 saturated carbocycles. The molecule has 5 atom stereocenters. The van der Waals surface area contributed by atoms with Gasteiger partial charge in [0, 0.05) is 5.54 Å². The lowest BCUT2D eigenvalue weighted by molar-refractivity contribution is 0.352. The molecule has 102 valence electrons. The van der Waals surface area contributed by atoms with Gasteiger partial charge in [-0.3, -0.25) is 0 Å². The molecule has 0 spiro atoms. The Morgan fingerprint density at radius 1 is 0.765 bits per heavy atom. The normalized spacial score (nSPS) is 39.7. The van der Waals surface area contributed by atoms with Crippen LogP contribution in [0.5, 0.6) is 0 Å². The first-order chi connectivity index (χ1) is 7.47. The summed E-state index contributed by atoms with van der Waals surface area (Å²) < 4.78 is 0. The zero-order valence-corrected chi connectivity index (χ0v) is 14.4. The summed E-state index contributed by atoms with van der Waals surface area (Å²) in [6.45, 7) is 21.8. The lowest BCUT2D eigenvalue weighted by Crippen LogP contribution is -2.58. The van der Waals surface area contributed by atoms with E-state index in [-0.39, 0.29) is 5.54 Å². The highest BCUT2D eigenvalue weighted by atomic mass is 28.3. The van der Waals surface area contributed by atoms with Crippen molar-refractivity contribution in [2.45, 2.75) is 72.6 Å². The maximum atomic E-state index is 3.98. The standard InChI is InChI=1S/C15H33NSi/c1-10-11(2)13(4)14(12(10)3)17(8,9)16-15(5,6)7/h10-14,16H,1-9H3/t10?,11?,12-,13+,14?. The van der Waals surface area contributed by atoms with Crippen molar-refractivity contribution in [3.8, 4) is 0 Å². The zero-order valence-electron chi connectivity index (χ0n) is 13.4. The summed E-state index contributed by atoms with van der Waals surface area (Å²) in [5.74, 6) is 3.50. The van der Waals surface area contributed by atoms with Crippen molar-refractivity contribution >= 4 is 8.24 Å². The van der Waals surface area contributed by atoms with Crippen molar-refractivity contribution in [1.82, 2.24) is 4.98 Å². The van der Waals surface area contributed by atoms with E-state index in [2.05, 4.69) is 66.5 Å². The summed E-state index contributed by atoms with van der Waals surface area (Å²) in [6, 6.07) is 0. The number of rotatable bonds is 2. The van der Waals surface area contributed by atoms with Gasteiger partial charge in [0.25, 0.3) is 0 Å². The van der Waals surface area contributed by atoms with E-state index in [0.29, 0.717) is 0 Å². The first-order valence-electron chi connectivity index (χ1n) is 7.26. The molecule has 1 rings (SSSR count). The fraction of sp³-hybridized carbons (Fsp3) is 1.00. The van der Waals surface area contributed by atoms with E-state index in [1.165, 1.54) is 0 Å². The molecule has 3 unspecified atom stereocenters. The third kappa shape index (κ3) is 3.14. The molecule has 1 N–H and O–H groups in total. The molecule has 0 aromatic carbocycles. The maximum absolute atomic E-state index is 3.98. The Hall–Kier alpha value is 0.177. The average Bonchev–Trinajstić information content (AvgIpc) is 2.27. The Morgan fingerprint density at radius 3 is 1.41 bits per heavy atom. The SMILES string of the molecule is CC1C(C)[C@H](C)C([Si](C)(C)NC(C)(C)C)[C@@H]1C. The van der Waals surface area contributed by atoms with Gasteiger partial charge in [0.05, 0.1) is 0 Å². The Morgan fingerprint density at radius 2 is 1.12 bits per heavy atom. The van der Waals surface area contributed by atoms with E-state index >= 15 is 0 Å². The quantitative estimate of drug-likeness (QED) is 0.716. The first-order valence-corrected chi connectivity index (χ1v) is 10.3. The van der Waals surface area contributed by atoms with Crippen molar-refractivity contribution in [3.63, 3.8) is 0 Å². The van der Waals surface area contributed by atoms with E-state index in [4.69, 9.17) is 0 Å². The van der Waals surface area contributed by atoms with Crippen LogP contribution in [0.2, 0.25) is 18.6 Å². The van der Waals surface area contributed by atoms with Gasteiger partial charge in [-0.15, -0.1) is 0 Å². The van der Waals surface area contributed by atoms with Crippen molar-refractivity contribution in [2.75, 3.05) is 0 Å². The topological polar surface area (TPSA) is 12.0 Å². The number of nitrogens with one attached hydrogen (secondary N) is 1. The van der Waals surface area contributed by atoms with Crippen LogP contribution < -0.4 is 4.98 Å². The van der Waals surface area contributed by atoms with Crippen LogP contribution in [0.3, 0.4) is 0 Å².